The molecule has 0 spiro atoms. The Morgan fingerprint density at radius 1 is 1.64 bits per heavy atom. The Bertz CT molecular complexity index is 361. The SMILES string of the molecule is C=CC(=O)Nc1cc(N)ccc1OC. The van der Waals surface area contributed by atoms with E-state index < -0.39 is 0 Å². The summed E-state index contributed by atoms with van der Waals surface area (Å²) in [6, 6.07) is 5.01. The molecule has 0 atom stereocenters. The largest absolute Gasteiger partial charge is 0.495 e. The number of carbonyl (C=O) groups excluding carboxylic acids is 1. The van der Waals surface area contributed by atoms with Crippen LogP contribution in [0.25, 0.3) is 0 Å². The van der Waals surface area contributed by atoms with Crippen LogP contribution in [0.1, 0.15) is 0 Å². The molecular formula is C10H12N2O2. The molecule has 0 aromatic heterocycles. The number of amides is 1. The van der Waals surface area contributed by atoms with Gasteiger partial charge in [0.05, 0.1) is 12.8 Å². The lowest BCUT2D eigenvalue weighted by atomic mass is 10.2. The summed E-state index contributed by atoms with van der Waals surface area (Å²) < 4.78 is 5.04. The van der Waals surface area contributed by atoms with Gasteiger partial charge in [-0.25, -0.2) is 0 Å². The van der Waals surface area contributed by atoms with Crippen LogP contribution in [0.4, 0.5) is 11.4 Å². The van der Waals surface area contributed by atoms with Crippen LogP contribution < -0.4 is 15.8 Å². The maximum atomic E-state index is 11.0. The van der Waals surface area contributed by atoms with Gasteiger partial charge in [-0.05, 0) is 24.3 Å². The molecule has 0 unspecified atom stereocenters. The smallest absolute Gasteiger partial charge is 0.247 e. The average Bonchev–Trinajstić information content (AvgIpc) is 2.18. The predicted molar refractivity (Wildman–Crippen MR) is 56.2 cm³/mol. The Balaban J connectivity index is 2.98. The van der Waals surface area contributed by atoms with E-state index >= 15 is 0 Å². The van der Waals surface area contributed by atoms with E-state index in [0.717, 1.165) is 0 Å². The molecule has 0 heterocycles. The molecular weight excluding hydrogens is 180 g/mol. The van der Waals surface area contributed by atoms with E-state index in [4.69, 9.17) is 10.5 Å². The molecule has 14 heavy (non-hydrogen) atoms. The maximum Gasteiger partial charge on any atom is 0.247 e. The van der Waals surface area contributed by atoms with E-state index in [-0.39, 0.29) is 5.91 Å². The molecule has 0 saturated heterocycles. The number of nitrogen functional groups attached to an aromatic ring is 1. The number of carbonyl (C=O) groups is 1. The van der Waals surface area contributed by atoms with Gasteiger partial charge >= 0.3 is 0 Å². The van der Waals surface area contributed by atoms with Gasteiger partial charge in [-0.2, -0.15) is 0 Å². The summed E-state index contributed by atoms with van der Waals surface area (Å²) in [4.78, 5) is 11.0. The van der Waals surface area contributed by atoms with Gasteiger partial charge in [-0.15, -0.1) is 0 Å². The minimum atomic E-state index is -0.297. The van der Waals surface area contributed by atoms with E-state index in [1.165, 1.54) is 13.2 Å². The summed E-state index contributed by atoms with van der Waals surface area (Å²) in [5.74, 6) is 0.267. The summed E-state index contributed by atoms with van der Waals surface area (Å²) in [5, 5.41) is 2.59. The lowest BCUT2D eigenvalue weighted by Crippen LogP contribution is -2.08. The average molecular weight is 192 g/mol. The van der Waals surface area contributed by atoms with Crippen LogP contribution in [0.5, 0.6) is 5.75 Å². The zero-order valence-electron chi connectivity index (χ0n) is 7.91. The van der Waals surface area contributed by atoms with Crippen molar-refractivity contribution in [1.82, 2.24) is 0 Å². The molecule has 1 rings (SSSR count). The van der Waals surface area contributed by atoms with Crippen molar-refractivity contribution in [3.63, 3.8) is 0 Å². The van der Waals surface area contributed by atoms with Crippen LogP contribution in [0, 0.1) is 0 Å². The molecule has 1 aromatic carbocycles. The second-order valence-electron chi connectivity index (χ2n) is 2.65. The molecule has 1 amide bonds. The number of hydrogen-bond donors (Lipinski definition) is 2. The number of nitrogens with two attached hydrogens (primary N) is 1. The standard InChI is InChI=1S/C10H12N2O2/c1-3-10(13)12-8-6-7(11)4-5-9(8)14-2/h3-6H,1,11H2,2H3,(H,12,13). The zero-order valence-corrected chi connectivity index (χ0v) is 7.91. The van der Waals surface area contributed by atoms with Gasteiger partial charge in [0.25, 0.3) is 0 Å². The first kappa shape index (κ1) is 10.1. The Hall–Kier alpha value is -1.97. The molecule has 4 nitrogen and oxygen atoms in total. The topological polar surface area (TPSA) is 64.4 Å². The summed E-state index contributed by atoms with van der Waals surface area (Å²) in [7, 11) is 1.52. The highest BCUT2D eigenvalue weighted by Gasteiger charge is 2.04. The molecule has 4 heteroatoms. The molecule has 0 aliphatic rings. The van der Waals surface area contributed by atoms with E-state index in [1.807, 2.05) is 0 Å². The number of hydrogen-bond acceptors (Lipinski definition) is 3. The quantitative estimate of drug-likeness (QED) is 0.562. The van der Waals surface area contributed by atoms with Gasteiger partial charge in [0.2, 0.25) is 5.91 Å². The molecule has 74 valence electrons. The van der Waals surface area contributed by atoms with Crippen molar-refractivity contribution in [1.29, 1.82) is 0 Å². The Kier molecular flexibility index (Phi) is 3.12. The van der Waals surface area contributed by atoms with E-state index in [9.17, 15) is 4.79 Å². The van der Waals surface area contributed by atoms with E-state index in [1.54, 1.807) is 18.2 Å². The van der Waals surface area contributed by atoms with Crippen LogP contribution in [0.2, 0.25) is 0 Å². The number of nitrogens with one attached hydrogen (secondary N) is 1. The van der Waals surface area contributed by atoms with Gasteiger partial charge in [-0.3, -0.25) is 4.79 Å². The van der Waals surface area contributed by atoms with Gasteiger partial charge in [0.1, 0.15) is 5.75 Å². The van der Waals surface area contributed by atoms with Crippen molar-refractivity contribution in [3.05, 3.63) is 30.9 Å². The van der Waals surface area contributed by atoms with Crippen LogP contribution in [-0.2, 0) is 4.79 Å². The van der Waals surface area contributed by atoms with Gasteiger partial charge in [0.15, 0.2) is 0 Å². The van der Waals surface area contributed by atoms with Crippen molar-refractivity contribution in [2.24, 2.45) is 0 Å². The van der Waals surface area contributed by atoms with Crippen molar-refractivity contribution in [2.45, 2.75) is 0 Å². The fourth-order valence-electron chi connectivity index (χ4n) is 1.01. The first-order valence-electron chi connectivity index (χ1n) is 4.04. The van der Waals surface area contributed by atoms with Crippen molar-refractivity contribution in [2.75, 3.05) is 18.2 Å². The van der Waals surface area contributed by atoms with Crippen LogP contribution in [0.15, 0.2) is 30.9 Å². The fourth-order valence-corrected chi connectivity index (χ4v) is 1.01. The normalized spacial score (nSPS) is 9.21. The van der Waals surface area contributed by atoms with Gasteiger partial charge < -0.3 is 15.8 Å². The zero-order chi connectivity index (χ0) is 10.6. The minimum absolute atomic E-state index is 0.297. The van der Waals surface area contributed by atoms with Crippen molar-refractivity contribution < 1.29 is 9.53 Å². The monoisotopic (exact) mass is 192 g/mol. The highest BCUT2D eigenvalue weighted by molar-refractivity contribution is 6.00. The number of ether oxygens (including phenoxy) is 1. The van der Waals surface area contributed by atoms with Crippen molar-refractivity contribution in [3.8, 4) is 5.75 Å². The first-order valence-corrected chi connectivity index (χ1v) is 4.04. The highest BCUT2D eigenvalue weighted by atomic mass is 16.5. The van der Waals surface area contributed by atoms with Crippen LogP contribution in [0.3, 0.4) is 0 Å². The Labute approximate surface area is 82.4 Å². The third-order valence-corrected chi connectivity index (χ3v) is 1.67. The Morgan fingerprint density at radius 3 is 2.93 bits per heavy atom. The second kappa shape index (κ2) is 4.32. The molecule has 0 aliphatic heterocycles. The summed E-state index contributed by atoms with van der Waals surface area (Å²) >= 11 is 0. The third kappa shape index (κ3) is 2.26. The lowest BCUT2D eigenvalue weighted by Gasteiger charge is -2.09. The summed E-state index contributed by atoms with van der Waals surface area (Å²) in [6.07, 6.45) is 1.18. The first-order chi connectivity index (χ1) is 6.67. The molecule has 0 bridgehead atoms. The Morgan fingerprint density at radius 2 is 2.36 bits per heavy atom. The molecule has 0 fully saturated rings. The molecule has 0 aliphatic carbocycles. The van der Waals surface area contributed by atoms with Gasteiger partial charge in [-0.1, -0.05) is 6.58 Å². The number of methoxy groups -OCH3 is 1. The number of benzene rings is 1. The lowest BCUT2D eigenvalue weighted by molar-refractivity contribution is -0.111. The second-order valence-corrected chi connectivity index (χ2v) is 2.65. The number of anilines is 2. The number of rotatable bonds is 3. The highest BCUT2D eigenvalue weighted by Crippen LogP contribution is 2.26. The van der Waals surface area contributed by atoms with E-state index in [2.05, 4.69) is 11.9 Å². The summed E-state index contributed by atoms with van der Waals surface area (Å²) in [5.41, 5.74) is 6.67. The molecule has 0 radical (unpaired) electrons. The van der Waals surface area contributed by atoms with Crippen LogP contribution >= 0.6 is 0 Å². The van der Waals surface area contributed by atoms with E-state index in [0.29, 0.717) is 17.1 Å². The molecule has 0 saturated carbocycles. The summed E-state index contributed by atoms with van der Waals surface area (Å²) in [6.45, 7) is 3.35. The van der Waals surface area contributed by atoms with Crippen molar-refractivity contribution >= 4 is 17.3 Å². The fraction of sp³-hybridized carbons (Fsp3) is 0.100. The van der Waals surface area contributed by atoms with Crippen LogP contribution in [-0.4, -0.2) is 13.0 Å². The molecule has 1 aromatic rings. The minimum Gasteiger partial charge on any atom is -0.495 e. The maximum absolute atomic E-state index is 11.0. The molecule has 3 N–H and O–H groups in total. The third-order valence-electron chi connectivity index (χ3n) is 1.67. The predicted octanol–water partition coefficient (Wildman–Crippen LogP) is 1.40. The van der Waals surface area contributed by atoms with Gasteiger partial charge in [0, 0.05) is 5.69 Å².